The van der Waals surface area contributed by atoms with E-state index in [1.54, 1.807) is 10.6 Å². The lowest BCUT2D eigenvalue weighted by Crippen LogP contribution is -2.44. The highest BCUT2D eigenvalue weighted by molar-refractivity contribution is 7.15. The first-order valence-corrected chi connectivity index (χ1v) is 9.47. The summed E-state index contributed by atoms with van der Waals surface area (Å²) in [4.78, 5) is 42.6. The Morgan fingerprint density at radius 2 is 2.00 bits per heavy atom. The third-order valence-electron chi connectivity index (χ3n) is 5.51. The van der Waals surface area contributed by atoms with Gasteiger partial charge >= 0.3 is 0 Å². The molecule has 1 spiro atoms. The normalized spacial score (nSPS) is 20.5. The van der Waals surface area contributed by atoms with Crippen LogP contribution < -0.4 is 10.9 Å². The number of hydrogen-bond acceptors (Lipinski definition) is 5. The highest BCUT2D eigenvalue weighted by Crippen LogP contribution is 2.40. The number of nitrogens with zero attached hydrogens (tertiary/aromatic N) is 3. The maximum atomic E-state index is 12.9. The van der Waals surface area contributed by atoms with Crippen LogP contribution in [0.3, 0.4) is 0 Å². The van der Waals surface area contributed by atoms with E-state index >= 15 is 0 Å². The Balaban J connectivity index is 1.52. The predicted molar refractivity (Wildman–Crippen MR) is 93.8 cm³/mol. The zero-order valence-electron chi connectivity index (χ0n) is 13.9. The van der Waals surface area contributed by atoms with E-state index in [4.69, 9.17) is 0 Å². The summed E-state index contributed by atoms with van der Waals surface area (Å²) in [6.07, 6.45) is 6.02. The third-order valence-corrected chi connectivity index (χ3v) is 6.26. The number of nitrogens with one attached hydrogen (secondary N) is 1. The molecule has 0 saturated carbocycles. The van der Waals surface area contributed by atoms with Crippen molar-refractivity contribution in [3.05, 3.63) is 33.7 Å². The van der Waals surface area contributed by atoms with E-state index in [0.717, 1.165) is 32.2 Å². The van der Waals surface area contributed by atoms with Gasteiger partial charge in [-0.05, 0) is 31.1 Å². The molecule has 2 aliphatic rings. The number of carbonyl (C=O) groups is 2. The molecule has 25 heavy (non-hydrogen) atoms. The summed E-state index contributed by atoms with van der Waals surface area (Å²) in [5, 5.41) is 4.75. The first-order valence-electron chi connectivity index (χ1n) is 8.59. The van der Waals surface area contributed by atoms with Crippen molar-refractivity contribution < 1.29 is 9.59 Å². The zero-order valence-corrected chi connectivity index (χ0v) is 14.7. The van der Waals surface area contributed by atoms with Crippen LogP contribution in [-0.2, 0) is 4.79 Å². The lowest BCUT2D eigenvalue weighted by atomic mass is 9.73. The minimum Gasteiger partial charge on any atom is -0.356 e. The van der Waals surface area contributed by atoms with Gasteiger partial charge in [0.2, 0.25) is 5.91 Å². The molecule has 2 saturated heterocycles. The number of thiazole rings is 1. The second-order valence-electron chi connectivity index (χ2n) is 6.93. The van der Waals surface area contributed by atoms with Crippen LogP contribution in [0.25, 0.3) is 4.96 Å². The van der Waals surface area contributed by atoms with Crippen LogP contribution in [0.2, 0.25) is 0 Å². The summed E-state index contributed by atoms with van der Waals surface area (Å²) >= 11 is 1.34. The van der Waals surface area contributed by atoms with Crippen molar-refractivity contribution in [3.63, 3.8) is 0 Å². The Morgan fingerprint density at radius 3 is 2.80 bits per heavy atom. The van der Waals surface area contributed by atoms with Crippen LogP contribution in [-0.4, -0.2) is 45.7 Å². The van der Waals surface area contributed by atoms with Crippen molar-refractivity contribution in [2.75, 3.05) is 19.6 Å². The first kappa shape index (κ1) is 16.3. The van der Waals surface area contributed by atoms with Gasteiger partial charge in [-0.1, -0.05) is 0 Å². The van der Waals surface area contributed by atoms with Crippen LogP contribution >= 0.6 is 11.3 Å². The molecule has 2 aromatic heterocycles. The molecule has 0 aromatic carbocycles. The summed E-state index contributed by atoms with van der Waals surface area (Å²) in [6.45, 7) is 2.05. The number of likely N-dealkylation sites (tertiary alicyclic amines) is 1. The summed E-state index contributed by atoms with van der Waals surface area (Å²) in [7, 11) is 0. The molecule has 132 valence electrons. The van der Waals surface area contributed by atoms with Gasteiger partial charge in [0.25, 0.3) is 11.5 Å². The Kier molecular flexibility index (Phi) is 4.07. The summed E-state index contributed by atoms with van der Waals surface area (Å²) in [6, 6.07) is 1.32. The van der Waals surface area contributed by atoms with Crippen LogP contribution in [0, 0.1) is 5.41 Å². The average molecular weight is 360 g/mol. The van der Waals surface area contributed by atoms with Gasteiger partial charge in [-0.2, -0.15) is 4.98 Å². The van der Waals surface area contributed by atoms with E-state index in [0.29, 0.717) is 30.2 Å². The smallest absolute Gasteiger partial charge is 0.274 e. The van der Waals surface area contributed by atoms with Crippen LogP contribution in [0.5, 0.6) is 0 Å². The fourth-order valence-electron chi connectivity index (χ4n) is 3.92. The molecule has 2 aliphatic heterocycles. The van der Waals surface area contributed by atoms with Gasteiger partial charge in [-0.15, -0.1) is 11.3 Å². The van der Waals surface area contributed by atoms with Crippen molar-refractivity contribution in [1.29, 1.82) is 0 Å². The van der Waals surface area contributed by atoms with Gasteiger partial charge in [-0.3, -0.25) is 18.8 Å². The number of fused-ring (bicyclic) bond motifs is 1. The fourth-order valence-corrected chi connectivity index (χ4v) is 4.64. The van der Waals surface area contributed by atoms with E-state index in [1.165, 1.54) is 17.4 Å². The molecule has 0 bridgehead atoms. The third kappa shape index (κ3) is 3.06. The standard InChI is InChI=1S/C17H20N4O3S/c22-13-1-2-17(3-6-18-13)4-7-20(8-5-17)15(24)12-11-14(23)19-16-21(12)9-10-25-16/h9-11H,1-8H2,(H,18,22). The Morgan fingerprint density at radius 1 is 1.20 bits per heavy atom. The molecule has 0 atom stereocenters. The fraction of sp³-hybridized carbons (Fsp3) is 0.529. The molecule has 7 nitrogen and oxygen atoms in total. The monoisotopic (exact) mass is 360 g/mol. The molecule has 1 N–H and O–H groups in total. The maximum absolute atomic E-state index is 12.9. The lowest BCUT2D eigenvalue weighted by Gasteiger charge is -2.41. The molecular formula is C17H20N4O3S. The number of aromatic nitrogens is 2. The van der Waals surface area contributed by atoms with Crippen molar-refractivity contribution in [2.45, 2.75) is 32.1 Å². The topological polar surface area (TPSA) is 83.8 Å². The number of amides is 2. The van der Waals surface area contributed by atoms with Crippen molar-refractivity contribution in [3.8, 4) is 0 Å². The largest absolute Gasteiger partial charge is 0.356 e. The summed E-state index contributed by atoms with van der Waals surface area (Å²) in [5.74, 6) is 0.0111. The van der Waals surface area contributed by atoms with Gasteiger partial charge < -0.3 is 10.2 Å². The summed E-state index contributed by atoms with van der Waals surface area (Å²) < 4.78 is 1.69. The average Bonchev–Trinajstić information content (AvgIpc) is 3.00. The Bertz CT molecular complexity index is 879. The Hall–Kier alpha value is -2.22. The van der Waals surface area contributed by atoms with Crippen LogP contribution in [0.1, 0.15) is 42.6 Å². The van der Waals surface area contributed by atoms with E-state index in [2.05, 4.69) is 10.3 Å². The first-order chi connectivity index (χ1) is 12.1. The number of carbonyl (C=O) groups excluding carboxylic acids is 2. The quantitative estimate of drug-likeness (QED) is 0.830. The molecule has 0 radical (unpaired) electrons. The van der Waals surface area contributed by atoms with Crippen molar-refractivity contribution in [2.24, 2.45) is 5.41 Å². The van der Waals surface area contributed by atoms with E-state index < -0.39 is 0 Å². The number of piperidine rings is 1. The summed E-state index contributed by atoms with van der Waals surface area (Å²) in [5.41, 5.74) is 0.153. The van der Waals surface area contributed by atoms with E-state index in [-0.39, 0.29) is 22.8 Å². The second-order valence-corrected chi connectivity index (χ2v) is 7.80. The van der Waals surface area contributed by atoms with Crippen LogP contribution in [0.4, 0.5) is 0 Å². The molecule has 2 fully saturated rings. The van der Waals surface area contributed by atoms with Gasteiger partial charge in [0.1, 0.15) is 5.69 Å². The number of hydrogen-bond donors (Lipinski definition) is 1. The molecule has 0 aliphatic carbocycles. The van der Waals surface area contributed by atoms with Gasteiger partial charge in [-0.25, -0.2) is 0 Å². The molecule has 2 amide bonds. The molecule has 8 heteroatoms. The highest BCUT2D eigenvalue weighted by Gasteiger charge is 2.37. The van der Waals surface area contributed by atoms with Crippen molar-refractivity contribution >= 4 is 28.1 Å². The van der Waals surface area contributed by atoms with Gasteiger partial charge in [0.15, 0.2) is 4.96 Å². The molecule has 0 unspecified atom stereocenters. The van der Waals surface area contributed by atoms with Gasteiger partial charge in [0.05, 0.1) is 0 Å². The Labute approximate surface area is 148 Å². The lowest BCUT2D eigenvalue weighted by molar-refractivity contribution is -0.121. The maximum Gasteiger partial charge on any atom is 0.274 e. The number of rotatable bonds is 1. The molecule has 4 rings (SSSR count). The van der Waals surface area contributed by atoms with E-state index in [9.17, 15) is 14.4 Å². The molecule has 2 aromatic rings. The van der Waals surface area contributed by atoms with Crippen LogP contribution in [0.15, 0.2) is 22.4 Å². The second kappa shape index (κ2) is 6.25. The minimum atomic E-state index is -0.382. The SMILES string of the molecule is O=C1CCC2(CCN1)CCN(C(=O)c1cc(=O)nc3sccn13)CC2. The minimum absolute atomic E-state index is 0.120. The van der Waals surface area contributed by atoms with Gasteiger partial charge in [0, 0.05) is 43.7 Å². The zero-order chi connectivity index (χ0) is 17.4. The van der Waals surface area contributed by atoms with E-state index in [1.807, 2.05) is 10.3 Å². The molecular weight excluding hydrogens is 340 g/mol. The van der Waals surface area contributed by atoms with Crippen molar-refractivity contribution in [1.82, 2.24) is 19.6 Å². The molecule has 4 heterocycles. The predicted octanol–water partition coefficient (Wildman–Crippen LogP) is 1.28. The highest BCUT2D eigenvalue weighted by atomic mass is 32.1.